The highest BCUT2D eigenvalue weighted by Crippen LogP contribution is 2.32. The van der Waals surface area contributed by atoms with Gasteiger partial charge < -0.3 is 0 Å². The quantitative estimate of drug-likeness (QED) is 0.433. The summed E-state index contributed by atoms with van der Waals surface area (Å²) in [6.45, 7) is 2.09. The number of hydrogen-bond acceptors (Lipinski definition) is 6. The lowest BCUT2D eigenvalue weighted by Crippen LogP contribution is -2.11. The molecule has 2 aromatic heterocycles. The normalized spacial score (nSPS) is 11.0. The van der Waals surface area contributed by atoms with Crippen molar-refractivity contribution in [1.82, 2.24) is 9.97 Å². The molecule has 0 saturated carbocycles. The van der Waals surface area contributed by atoms with Gasteiger partial charge in [-0.1, -0.05) is 25.1 Å². The smallest absolute Gasteiger partial charge is 0.257 e. The van der Waals surface area contributed by atoms with Gasteiger partial charge in [-0.05, 0) is 36.1 Å². The van der Waals surface area contributed by atoms with E-state index in [0.717, 1.165) is 31.6 Å². The molecular weight excluding hydrogens is 382 g/mol. The van der Waals surface area contributed by atoms with Gasteiger partial charge in [-0.25, -0.2) is 9.97 Å². The molecule has 4 aromatic rings. The van der Waals surface area contributed by atoms with Gasteiger partial charge >= 0.3 is 0 Å². The molecule has 7 heteroatoms. The number of carbonyl (C=O) groups excluding carboxylic acids is 1. The number of aromatic nitrogens is 2. The van der Waals surface area contributed by atoms with Crippen molar-refractivity contribution in [2.75, 3.05) is 11.1 Å². The molecule has 0 aliphatic heterocycles. The second kappa shape index (κ2) is 7.57. The zero-order chi connectivity index (χ0) is 17.9. The highest BCUT2D eigenvalue weighted by atomic mass is 32.2. The standard InChI is InChI=1S/C19H15N3OS3/c1-2-24-13-7-5-6-12(10-13)17(23)22-19-21-15(11-25-19)18-20-14-8-3-4-9-16(14)26-18/h3-11H,2H2,1H3,(H,21,22,23). The van der Waals surface area contributed by atoms with Crippen LogP contribution in [0.25, 0.3) is 20.9 Å². The molecule has 0 fully saturated rings. The van der Waals surface area contributed by atoms with Crippen molar-refractivity contribution in [3.63, 3.8) is 0 Å². The largest absolute Gasteiger partial charge is 0.298 e. The van der Waals surface area contributed by atoms with E-state index in [9.17, 15) is 4.79 Å². The number of rotatable bonds is 5. The first-order chi connectivity index (χ1) is 12.7. The van der Waals surface area contributed by atoms with Gasteiger partial charge in [0.25, 0.3) is 5.91 Å². The molecular formula is C19H15N3OS3. The number of benzene rings is 2. The summed E-state index contributed by atoms with van der Waals surface area (Å²) in [5, 5.41) is 6.26. The predicted molar refractivity (Wildman–Crippen MR) is 112 cm³/mol. The summed E-state index contributed by atoms with van der Waals surface area (Å²) in [4.78, 5) is 22.7. The monoisotopic (exact) mass is 397 g/mol. The zero-order valence-electron chi connectivity index (χ0n) is 13.9. The summed E-state index contributed by atoms with van der Waals surface area (Å²) in [5.74, 6) is 0.831. The van der Waals surface area contributed by atoms with Crippen LogP contribution in [0.1, 0.15) is 17.3 Å². The Morgan fingerprint density at radius 1 is 1.15 bits per heavy atom. The lowest BCUT2D eigenvalue weighted by atomic mass is 10.2. The van der Waals surface area contributed by atoms with Crippen molar-refractivity contribution in [3.8, 4) is 10.7 Å². The number of nitrogens with one attached hydrogen (secondary N) is 1. The van der Waals surface area contributed by atoms with Crippen molar-refractivity contribution in [1.29, 1.82) is 0 Å². The van der Waals surface area contributed by atoms with E-state index in [2.05, 4.69) is 22.2 Å². The van der Waals surface area contributed by atoms with E-state index in [1.54, 1.807) is 23.1 Å². The van der Waals surface area contributed by atoms with Gasteiger partial charge in [-0.3, -0.25) is 10.1 Å². The number of amides is 1. The molecule has 0 saturated heterocycles. The molecule has 2 heterocycles. The van der Waals surface area contributed by atoms with Crippen LogP contribution in [-0.4, -0.2) is 21.6 Å². The topological polar surface area (TPSA) is 54.9 Å². The first-order valence-corrected chi connectivity index (χ1v) is 10.8. The maximum atomic E-state index is 12.5. The molecule has 0 radical (unpaired) electrons. The second-order valence-corrected chi connectivity index (χ2v) is 8.67. The number of thiazole rings is 2. The Hall–Kier alpha value is -2.22. The zero-order valence-corrected chi connectivity index (χ0v) is 16.4. The van der Waals surface area contributed by atoms with Crippen molar-refractivity contribution < 1.29 is 4.79 Å². The van der Waals surface area contributed by atoms with Gasteiger partial charge in [0, 0.05) is 15.8 Å². The SMILES string of the molecule is CCSc1cccc(C(=O)Nc2nc(-c3nc4ccccc4s3)cs2)c1. The second-order valence-electron chi connectivity index (χ2n) is 5.44. The lowest BCUT2D eigenvalue weighted by molar-refractivity contribution is 0.102. The fraction of sp³-hybridized carbons (Fsp3) is 0.105. The number of nitrogens with zero attached hydrogens (tertiary/aromatic N) is 2. The van der Waals surface area contributed by atoms with Crippen molar-refractivity contribution >= 4 is 55.7 Å². The van der Waals surface area contributed by atoms with Crippen LogP contribution in [-0.2, 0) is 0 Å². The fourth-order valence-corrected chi connectivity index (χ4v) is 4.88. The van der Waals surface area contributed by atoms with Gasteiger partial charge in [-0.15, -0.1) is 34.4 Å². The third-order valence-electron chi connectivity index (χ3n) is 3.64. The van der Waals surface area contributed by atoms with E-state index >= 15 is 0 Å². The van der Waals surface area contributed by atoms with E-state index in [-0.39, 0.29) is 5.91 Å². The average Bonchev–Trinajstić information content (AvgIpc) is 3.28. The van der Waals surface area contributed by atoms with Crippen molar-refractivity contribution in [3.05, 3.63) is 59.5 Å². The molecule has 2 aromatic carbocycles. The van der Waals surface area contributed by atoms with Crippen molar-refractivity contribution in [2.45, 2.75) is 11.8 Å². The highest BCUT2D eigenvalue weighted by Gasteiger charge is 2.13. The Kier molecular flexibility index (Phi) is 5.01. The number of thioether (sulfide) groups is 1. The molecule has 1 amide bonds. The number of fused-ring (bicyclic) bond motifs is 1. The van der Waals surface area contributed by atoms with Crippen LogP contribution in [0.5, 0.6) is 0 Å². The maximum Gasteiger partial charge on any atom is 0.257 e. The van der Waals surface area contributed by atoms with Crippen LogP contribution in [0.3, 0.4) is 0 Å². The number of anilines is 1. The molecule has 0 spiro atoms. The van der Waals surface area contributed by atoms with E-state index < -0.39 is 0 Å². The Bertz CT molecular complexity index is 1040. The molecule has 0 aliphatic rings. The molecule has 130 valence electrons. The maximum absolute atomic E-state index is 12.5. The minimum absolute atomic E-state index is 0.145. The van der Waals surface area contributed by atoms with Gasteiger partial charge in [0.05, 0.1) is 10.2 Å². The number of hydrogen-bond donors (Lipinski definition) is 1. The summed E-state index contributed by atoms with van der Waals surface area (Å²) >= 11 is 4.73. The molecule has 4 rings (SSSR count). The highest BCUT2D eigenvalue weighted by molar-refractivity contribution is 7.99. The summed E-state index contributed by atoms with van der Waals surface area (Å²) in [6, 6.07) is 15.7. The van der Waals surface area contributed by atoms with E-state index in [1.807, 2.05) is 53.9 Å². The van der Waals surface area contributed by atoms with Gasteiger partial charge in [0.2, 0.25) is 0 Å². The molecule has 0 unspecified atom stereocenters. The molecule has 0 bridgehead atoms. The summed E-state index contributed by atoms with van der Waals surface area (Å²) in [5.41, 5.74) is 2.40. The Morgan fingerprint density at radius 3 is 2.88 bits per heavy atom. The summed E-state index contributed by atoms with van der Waals surface area (Å²) < 4.78 is 1.13. The fourth-order valence-electron chi connectivity index (χ4n) is 2.47. The summed E-state index contributed by atoms with van der Waals surface area (Å²) in [6.07, 6.45) is 0. The Morgan fingerprint density at radius 2 is 2.04 bits per heavy atom. The molecule has 1 N–H and O–H groups in total. The molecule has 0 aliphatic carbocycles. The number of carbonyl (C=O) groups is 1. The molecule has 26 heavy (non-hydrogen) atoms. The van der Waals surface area contributed by atoms with Gasteiger partial charge in [-0.2, -0.15) is 0 Å². The first kappa shape index (κ1) is 17.2. The van der Waals surface area contributed by atoms with E-state index in [0.29, 0.717) is 10.7 Å². The van der Waals surface area contributed by atoms with Gasteiger partial charge in [0.15, 0.2) is 5.13 Å². The minimum Gasteiger partial charge on any atom is -0.298 e. The average molecular weight is 398 g/mol. The van der Waals surface area contributed by atoms with Crippen LogP contribution < -0.4 is 5.32 Å². The molecule has 0 atom stereocenters. The van der Waals surface area contributed by atoms with Gasteiger partial charge in [0.1, 0.15) is 10.7 Å². The third kappa shape index (κ3) is 3.65. The first-order valence-electron chi connectivity index (χ1n) is 8.08. The Balaban J connectivity index is 1.53. The third-order valence-corrected chi connectivity index (χ3v) is 6.34. The lowest BCUT2D eigenvalue weighted by Gasteiger charge is -2.04. The van der Waals surface area contributed by atoms with Crippen molar-refractivity contribution in [2.24, 2.45) is 0 Å². The van der Waals surface area contributed by atoms with E-state index in [4.69, 9.17) is 0 Å². The van der Waals surface area contributed by atoms with Crippen LogP contribution in [0.4, 0.5) is 5.13 Å². The molecule has 4 nitrogen and oxygen atoms in total. The number of para-hydroxylation sites is 1. The van der Waals surface area contributed by atoms with Crippen LogP contribution in [0.15, 0.2) is 58.8 Å². The van der Waals surface area contributed by atoms with Crippen LogP contribution in [0, 0.1) is 0 Å². The minimum atomic E-state index is -0.145. The Labute approximate surface area is 163 Å². The van der Waals surface area contributed by atoms with Crippen LogP contribution >= 0.6 is 34.4 Å². The predicted octanol–water partition coefficient (Wildman–Crippen LogP) is 5.78. The van der Waals surface area contributed by atoms with E-state index in [1.165, 1.54) is 11.3 Å². The van der Waals surface area contributed by atoms with Crippen LogP contribution in [0.2, 0.25) is 0 Å². The summed E-state index contributed by atoms with van der Waals surface area (Å²) in [7, 11) is 0.